The zero-order chi connectivity index (χ0) is 13.1. The fraction of sp³-hybridized carbons (Fsp3) is 0.538. The van der Waals surface area contributed by atoms with Crippen molar-refractivity contribution in [2.75, 3.05) is 5.32 Å². The van der Waals surface area contributed by atoms with Crippen molar-refractivity contribution in [2.45, 2.75) is 45.1 Å². The first-order chi connectivity index (χ1) is 8.59. The molecular formula is C13H17BrN2O2. The second-order valence-corrected chi connectivity index (χ2v) is 5.59. The van der Waals surface area contributed by atoms with Crippen LogP contribution in [0.5, 0.6) is 0 Å². The lowest BCUT2D eigenvalue weighted by atomic mass is 9.95. The largest absolute Gasteiger partial charge is 0.478 e. The Morgan fingerprint density at radius 3 is 2.72 bits per heavy atom. The molecule has 1 aromatic rings. The first-order valence-corrected chi connectivity index (χ1v) is 7.04. The van der Waals surface area contributed by atoms with E-state index in [0.717, 1.165) is 22.9 Å². The van der Waals surface area contributed by atoms with E-state index >= 15 is 0 Å². The van der Waals surface area contributed by atoms with Gasteiger partial charge in [-0.05, 0) is 41.3 Å². The topological polar surface area (TPSA) is 62.2 Å². The second-order valence-electron chi connectivity index (χ2n) is 4.74. The Morgan fingerprint density at radius 2 is 2.11 bits per heavy atom. The third-order valence-electron chi connectivity index (χ3n) is 3.44. The van der Waals surface area contributed by atoms with Gasteiger partial charge in [0.1, 0.15) is 11.4 Å². The Kier molecular flexibility index (Phi) is 4.22. The third kappa shape index (κ3) is 2.83. The Hall–Kier alpha value is -1.10. The van der Waals surface area contributed by atoms with Gasteiger partial charge in [0, 0.05) is 16.7 Å². The van der Waals surface area contributed by atoms with Crippen LogP contribution in [0, 0.1) is 6.92 Å². The number of aromatic nitrogens is 1. The van der Waals surface area contributed by atoms with Crippen molar-refractivity contribution in [3.8, 4) is 0 Å². The van der Waals surface area contributed by atoms with Gasteiger partial charge >= 0.3 is 5.97 Å². The molecule has 98 valence electrons. The van der Waals surface area contributed by atoms with E-state index < -0.39 is 5.97 Å². The van der Waals surface area contributed by atoms with Gasteiger partial charge in [-0.3, -0.25) is 0 Å². The summed E-state index contributed by atoms with van der Waals surface area (Å²) in [4.78, 5) is 15.6. The van der Waals surface area contributed by atoms with Gasteiger partial charge in [-0.25, -0.2) is 9.78 Å². The summed E-state index contributed by atoms with van der Waals surface area (Å²) in [5.74, 6) is -0.435. The minimum absolute atomic E-state index is 0.273. The Balaban J connectivity index is 2.26. The maximum absolute atomic E-state index is 11.3. The number of nitrogens with one attached hydrogen (secondary N) is 1. The maximum Gasteiger partial charge on any atom is 0.339 e. The van der Waals surface area contributed by atoms with E-state index in [2.05, 4.69) is 26.2 Å². The van der Waals surface area contributed by atoms with E-state index in [-0.39, 0.29) is 5.56 Å². The number of aromatic carboxylic acids is 1. The molecule has 1 aliphatic carbocycles. The average molecular weight is 313 g/mol. The molecule has 2 N–H and O–H groups in total. The van der Waals surface area contributed by atoms with E-state index in [0.29, 0.717) is 11.9 Å². The van der Waals surface area contributed by atoms with Crippen LogP contribution < -0.4 is 5.32 Å². The molecule has 1 heterocycles. The number of pyridine rings is 1. The molecule has 0 aromatic carbocycles. The summed E-state index contributed by atoms with van der Waals surface area (Å²) in [6.07, 6.45) is 7.53. The van der Waals surface area contributed by atoms with Gasteiger partial charge in [-0.15, -0.1) is 0 Å². The molecule has 1 fully saturated rings. The summed E-state index contributed by atoms with van der Waals surface area (Å²) in [7, 11) is 0. The molecule has 0 bridgehead atoms. The van der Waals surface area contributed by atoms with E-state index in [1.165, 1.54) is 19.3 Å². The van der Waals surface area contributed by atoms with Crippen LogP contribution in [0.4, 0.5) is 5.82 Å². The first-order valence-electron chi connectivity index (χ1n) is 6.24. The molecule has 0 atom stereocenters. The van der Waals surface area contributed by atoms with E-state index in [9.17, 15) is 9.90 Å². The van der Waals surface area contributed by atoms with Gasteiger partial charge in [0.25, 0.3) is 0 Å². The van der Waals surface area contributed by atoms with E-state index in [1.807, 2.05) is 0 Å². The SMILES string of the molecule is Cc1c(Br)cnc(NC2CCCCC2)c1C(=O)O. The summed E-state index contributed by atoms with van der Waals surface area (Å²) in [6, 6.07) is 0.352. The van der Waals surface area contributed by atoms with Crippen LogP contribution in [0.3, 0.4) is 0 Å². The number of carboxylic acid groups (broad SMARTS) is 1. The molecule has 5 heteroatoms. The molecule has 1 saturated carbocycles. The van der Waals surface area contributed by atoms with Crippen molar-refractivity contribution in [3.05, 3.63) is 21.8 Å². The van der Waals surface area contributed by atoms with Crippen LogP contribution in [-0.2, 0) is 0 Å². The molecule has 0 spiro atoms. The van der Waals surface area contributed by atoms with Crippen molar-refractivity contribution in [1.82, 2.24) is 4.98 Å². The van der Waals surface area contributed by atoms with Gasteiger partial charge in [-0.2, -0.15) is 0 Å². The summed E-state index contributed by atoms with van der Waals surface area (Å²) >= 11 is 3.32. The number of hydrogen-bond acceptors (Lipinski definition) is 3. The van der Waals surface area contributed by atoms with Crippen LogP contribution in [0.15, 0.2) is 10.7 Å². The highest BCUT2D eigenvalue weighted by Gasteiger charge is 2.20. The number of carboxylic acids is 1. The number of halogens is 1. The molecule has 1 aromatic heterocycles. The number of carbonyl (C=O) groups is 1. The fourth-order valence-electron chi connectivity index (χ4n) is 2.39. The van der Waals surface area contributed by atoms with Crippen LogP contribution in [0.2, 0.25) is 0 Å². The monoisotopic (exact) mass is 312 g/mol. The highest BCUT2D eigenvalue weighted by molar-refractivity contribution is 9.10. The van der Waals surface area contributed by atoms with Crippen LogP contribution in [0.25, 0.3) is 0 Å². The van der Waals surface area contributed by atoms with Crippen LogP contribution >= 0.6 is 15.9 Å². The van der Waals surface area contributed by atoms with E-state index in [4.69, 9.17) is 0 Å². The number of rotatable bonds is 3. The van der Waals surface area contributed by atoms with Crippen molar-refractivity contribution < 1.29 is 9.90 Å². The lowest BCUT2D eigenvalue weighted by Gasteiger charge is -2.24. The average Bonchev–Trinajstić information content (AvgIpc) is 2.35. The molecule has 18 heavy (non-hydrogen) atoms. The first kappa shape index (κ1) is 13.3. The lowest BCUT2D eigenvalue weighted by molar-refractivity contribution is 0.0696. The standard InChI is InChI=1S/C13H17BrN2O2/c1-8-10(14)7-15-12(11(8)13(17)18)16-9-5-3-2-4-6-9/h7,9H,2-6H2,1H3,(H,15,16)(H,17,18). The van der Waals surface area contributed by atoms with Gasteiger partial charge in [0.05, 0.1) is 0 Å². The Bertz CT molecular complexity index is 457. The molecule has 0 saturated heterocycles. The van der Waals surface area contributed by atoms with Gasteiger partial charge in [0.15, 0.2) is 0 Å². The second kappa shape index (κ2) is 5.69. The smallest absolute Gasteiger partial charge is 0.339 e. The maximum atomic E-state index is 11.3. The molecule has 0 aliphatic heterocycles. The zero-order valence-corrected chi connectivity index (χ0v) is 12.0. The minimum Gasteiger partial charge on any atom is -0.478 e. The summed E-state index contributed by atoms with van der Waals surface area (Å²) in [6.45, 7) is 1.79. The quantitative estimate of drug-likeness (QED) is 0.895. The fourth-order valence-corrected chi connectivity index (χ4v) is 2.69. The van der Waals surface area contributed by atoms with Crippen LogP contribution in [-0.4, -0.2) is 22.1 Å². The molecule has 4 nitrogen and oxygen atoms in total. The number of hydrogen-bond donors (Lipinski definition) is 2. The van der Waals surface area contributed by atoms with Crippen molar-refractivity contribution in [1.29, 1.82) is 0 Å². The number of nitrogens with zero attached hydrogens (tertiary/aromatic N) is 1. The summed E-state index contributed by atoms with van der Waals surface area (Å²) in [5.41, 5.74) is 0.991. The highest BCUT2D eigenvalue weighted by atomic mass is 79.9. The predicted octanol–water partition coefficient (Wildman–Crippen LogP) is 3.60. The summed E-state index contributed by atoms with van der Waals surface area (Å²) in [5, 5.41) is 12.6. The zero-order valence-electron chi connectivity index (χ0n) is 10.4. The summed E-state index contributed by atoms with van der Waals surface area (Å²) < 4.78 is 0.731. The Morgan fingerprint density at radius 1 is 1.44 bits per heavy atom. The molecule has 2 rings (SSSR count). The van der Waals surface area contributed by atoms with Crippen molar-refractivity contribution in [3.63, 3.8) is 0 Å². The van der Waals surface area contributed by atoms with Crippen LogP contribution in [0.1, 0.15) is 48.0 Å². The van der Waals surface area contributed by atoms with Gasteiger partial charge in [0.2, 0.25) is 0 Å². The normalized spacial score (nSPS) is 16.6. The van der Waals surface area contributed by atoms with Gasteiger partial charge in [-0.1, -0.05) is 19.3 Å². The molecule has 0 amide bonds. The molecule has 0 unspecified atom stereocenters. The van der Waals surface area contributed by atoms with Gasteiger partial charge < -0.3 is 10.4 Å². The van der Waals surface area contributed by atoms with Crippen molar-refractivity contribution in [2.24, 2.45) is 0 Å². The van der Waals surface area contributed by atoms with E-state index in [1.54, 1.807) is 13.1 Å². The predicted molar refractivity (Wildman–Crippen MR) is 74.1 cm³/mol. The van der Waals surface area contributed by atoms with Crippen molar-refractivity contribution >= 4 is 27.7 Å². The molecule has 1 aliphatic rings. The highest BCUT2D eigenvalue weighted by Crippen LogP contribution is 2.27. The molecule has 0 radical (unpaired) electrons. The number of anilines is 1. The Labute approximate surface area is 115 Å². The minimum atomic E-state index is -0.931. The molecular weight excluding hydrogens is 296 g/mol. The lowest BCUT2D eigenvalue weighted by Crippen LogP contribution is -2.24. The third-order valence-corrected chi connectivity index (χ3v) is 4.24.